The summed E-state index contributed by atoms with van der Waals surface area (Å²) in [5.74, 6) is 0.599. The van der Waals surface area contributed by atoms with Gasteiger partial charge in [0.05, 0.1) is 12.8 Å². The van der Waals surface area contributed by atoms with Crippen LogP contribution in [0.2, 0.25) is 0 Å². The standard InChI is InChI=1S/C14H22N2O2/c1-3-5-11(8-15)14(17)12-7-13(10-16-9-12)18-6-4-2/h7,9-11H,3-6,8,15H2,1-2H3. The van der Waals surface area contributed by atoms with Crippen molar-refractivity contribution in [1.82, 2.24) is 4.98 Å². The van der Waals surface area contributed by atoms with Crippen LogP contribution in [0.4, 0.5) is 0 Å². The molecular formula is C14H22N2O2. The first-order chi connectivity index (χ1) is 8.72. The van der Waals surface area contributed by atoms with Crippen molar-refractivity contribution in [3.63, 3.8) is 0 Å². The molecule has 18 heavy (non-hydrogen) atoms. The number of ketones is 1. The van der Waals surface area contributed by atoms with Crippen molar-refractivity contribution in [3.05, 3.63) is 24.0 Å². The van der Waals surface area contributed by atoms with Gasteiger partial charge in [0.2, 0.25) is 0 Å². The van der Waals surface area contributed by atoms with Crippen molar-refractivity contribution >= 4 is 5.78 Å². The van der Waals surface area contributed by atoms with E-state index in [-0.39, 0.29) is 11.7 Å². The lowest BCUT2D eigenvalue weighted by molar-refractivity contribution is 0.0916. The van der Waals surface area contributed by atoms with Crippen molar-refractivity contribution in [2.45, 2.75) is 33.1 Å². The van der Waals surface area contributed by atoms with Crippen molar-refractivity contribution < 1.29 is 9.53 Å². The molecule has 100 valence electrons. The summed E-state index contributed by atoms with van der Waals surface area (Å²) in [5, 5.41) is 0. The minimum Gasteiger partial charge on any atom is -0.492 e. The van der Waals surface area contributed by atoms with Gasteiger partial charge in [-0.15, -0.1) is 0 Å². The van der Waals surface area contributed by atoms with Crippen molar-refractivity contribution in [2.24, 2.45) is 11.7 Å². The molecule has 1 heterocycles. The van der Waals surface area contributed by atoms with Gasteiger partial charge >= 0.3 is 0 Å². The van der Waals surface area contributed by atoms with E-state index in [2.05, 4.69) is 11.9 Å². The Labute approximate surface area is 109 Å². The second-order valence-electron chi connectivity index (χ2n) is 4.34. The lowest BCUT2D eigenvalue weighted by Crippen LogP contribution is -2.23. The SMILES string of the molecule is CCCOc1cncc(C(=O)C(CN)CCC)c1. The molecule has 0 radical (unpaired) electrons. The van der Waals surface area contributed by atoms with Crippen LogP contribution >= 0.6 is 0 Å². The van der Waals surface area contributed by atoms with Gasteiger partial charge in [0.25, 0.3) is 0 Å². The molecule has 0 saturated heterocycles. The van der Waals surface area contributed by atoms with Gasteiger partial charge in [-0.3, -0.25) is 9.78 Å². The van der Waals surface area contributed by atoms with E-state index in [1.165, 1.54) is 0 Å². The molecule has 0 aliphatic heterocycles. The van der Waals surface area contributed by atoms with Gasteiger partial charge in [0, 0.05) is 24.2 Å². The Morgan fingerprint density at radius 1 is 1.39 bits per heavy atom. The van der Waals surface area contributed by atoms with Crippen molar-refractivity contribution in [3.8, 4) is 5.75 Å². The lowest BCUT2D eigenvalue weighted by Gasteiger charge is -2.13. The Morgan fingerprint density at radius 3 is 2.78 bits per heavy atom. The first-order valence-corrected chi connectivity index (χ1v) is 6.55. The molecule has 4 nitrogen and oxygen atoms in total. The fourth-order valence-corrected chi connectivity index (χ4v) is 1.79. The van der Waals surface area contributed by atoms with E-state index in [9.17, 15) is 4.79 Å². The molecule has 0 spiro atoms. The summed E-state index contributed by atoms with van der Waals surface area (Å²) in [6.45, 7) is 5.10. The van der Waals surface area contributed by atoms with Gasteiger partial charge in [0.1, 0.15) is 5.75 Å². The fraction of sp³-hybridized carbons (Fsp3) is 0.571. The predicted octanol–water partition coefficient (Wildman–Crippen LogP) is 2.43. The van der Waals surface area contributed by atoms with Gasteiger partial charge < -0.3 is 10.5 Å². The van der Waals surface area contributed by atoms with E-state index < -0.39 is 0 Å². The molecule has 0 aliphatic rings. The summed E-state index contributed by atoms with van der Waals surface area (Å²) in [7, 11) is 0. The minimum atomic E-state index is -0.113. The Balaban J connectivity index is 2.78. The second kappa shape index (κ2) is 7.82. The molecule has 0 fully saturated rings. The molecule has 1 aromatic heterocycles. The number of nitrogens with zero attached hydrogens (tertiary/aromatic N) is 1. The topological polar surface area (TPSA) is 65.2 Å². The van der Waals surface area contributed by atoms with Crippen LogP contribution in [0.3, 0.4) is 0 Å². The fourth-order valence-electron chi connectivity index (χ4n) is 1.79. The molecule has 1 aromatic rings. The summed E-state index contributed by atoms with van der Waals surface area (Å²) >= 11 is 0. The molecule has 0 aromatic carbocycles. The number of rotatable bonds is 8. The summed E-state index contributed by atoms with van der Waals surface area (Å²) < 4.78 is 5.47. The zero-order chi connectivity index (χ0) is 13.4. The van der Waals surface area contributed by atoms with Crippen LogP contribution in [0.25, 0.3) is 0 Å². The first-order valence-electron chi connectivity index (χ1n) is 6.55. The van der Waals surface area contributed by atoms with Crippen molar-refractivity contribution in [2.75, 3.05) is 13.2 Å². The number of hydrogen-bond acceptors (Lipinski definition) is 4. The molecule has 1 atom stereocenters. The third kappa shape index (κ3) is 4.11. The Kier molecular flexibility index (Phi) is 6.36. The summed E-state index contributed by atoms with van der Waals surface area (Å²) in [6.07, 6.45) is 5.91. The molecule has 4 heteroatoms. The van der Waals surface area contributed by atoms with Crippen LogP contribution in [-0.4, -0.2) is 23.9 Å². The van der Waals surface area contributed by atoms with Crippen LogP contribution < -0.4 is 10.5 Å². The maximum Gasteiger partial charge on any atom is 0.168 e. The quantitative estimate of drug-likeness (QED) is 0.720. The highest BCUT2D eigenvalue weighted by Crippen LogP contribution is 2.17. The smallest absolute Gasteiger partial charge is 0.168 e. The van der Waals surface area contributed by atoms with Gasteiger partial charge in [-0.2, -0.15) is 0 Å². The summed E-state index contributed by atoms with van der Waals surface area (Å²) in [4.78, 5) is 16.3. The van der Waals surface area contributed by atoms with Crippen LogP contribution in [0, 0.1) is 5.92 Å². The highest BCUT2D eigenvalue weighted by Gasteiger charge is 2.18. The second-order valence-corrected chi connectivity index (χ2v) is 4.34. The number of pyridine rings is 1. The minimum absolute atomic E-state index is 0.0637. The van der Waals surface area contributed by atoms with E-state index >= 15 is 0 Å². The third-order valence-corrected chi connectivity index (χ3v) is 2.76. The molecule has 0 bridgehead atoms. The highest BCUT2D eigenvalue weighted by atomic mass is 16.5. The Bertz CT molecular complexity index is 380. The number of ether oxygens (including phenoxy) is 1. The average molecular weight is 250 g/mol. The average Bonchev–Trinajstić information content (AvgIpc) is 2.42. The van der Waals surface area contributed by atoms with Gasteiger partial charge in [-0.05, 0) is 18.9 Å². The van der Waals surface area contributed by atoms with Crippen LogP contribution in [0.15, 0.2) is 18.5 Å². The molecule has 1 rings (SSSR count). The molecular weight excluding hydrogens is 228 g/mol. The Morgan fingerprint density at radius 2 is 2.17 bits per heavy atom. The molecule has 2 N–H and O–H groups in total. The number of aromatic nitrogens is 1. The van der Waals surface area contributed by atoms with E-state index in [0.29, 0.717) is 24.5 Å². The van der Waals surface area contributed by atoms with Gasteiger partial charge in [-0.25, -0.2) is 0 Å². The predicted molar refractivity (Wildman–Crippen MR) is 71.8 cm³/mol. The van der Waals surface area contributed by atoms with Crippen LogP contribution in [0.5, 0.6) is 5.75 Å². The molecule has 1 unspecified atom stereocenters. The van der Waals surface area contributed by atoms with E-state index in [1.54, 1.807) is 18.5 Å². The number of carbonyl (C=O) groups excluding carboxylic acids is 1. The summed E-state index contributed by atoms with van der Waals surface area (Å²) in [5.41, 5.74) is 6.23. The van der Waals surface area contributed by atoms with Crippen LogP contribution in [0.1, 0.15) is 43.5 Å². The van der Waals surface area contributed by atoms with Gasteiger partial charge in [0.15, 0.2) is 5.78 Å². The molecule has 0 saturated carbocycles. The van der Waals surface area contributed by atoms with Gasteiger partial charge in [-0.1, -0.05) is 20.3 Å². The summed E-state index contributed by atoms with van der Waals surface area (Å²) in [6, 6.07) is 1.75. The van der Waals surface area contributed by atoms with E-state index in [0.717, 1.165) is 19.3 Å². The first kappa shape index (κ1) is 14.6. The maximum atomic E-state index is 12.2. The molecule has 0 aliphatic carbocycles. The normalized spacial score (nSPS) is 12.2. The largest absolute Gasteiger partial charge is 0.492 e. The number of Topliss-reactive ketones (excluding diaryl/α,β-unsaturated/α-hetero) is 1. The van der Waals surface area contributed by atoms with Crippen LogP contribution in [-0.2, 0) is 0 Å². The third-order valence-electron chi connectivity index (χ3n) is 2.76. The van der Waals surface area contributed by atoms with Crippen molar-refractivity contribution in [1.29, 1.82) is 0 Å². The monoisotopic (exact) mass is 250 g/mol. The number of carbonyl (C=O) groups is 1. The van der Waals surface area contributed by atoms with E-state index in [1.807, 2.05) is 6.92 Å². The lowest BCUT2D eigenvalue weighted by atomic mass is 9.94. The highest BCUT2D eigenvalue weighted by molar-refractivity contribution is 5.98. The number of hydrogen-bond donors (Lipinski definition) is 1. The maximum absolute atomic E-state index is 12.2. The number of nitrogens with two attached hydrogens (primary N) is 1. The zero-order valence-electron chi connectivity index (χ0n) is 11.2. The Hall–Kier alpha value is -1.42. The molecule has 0 amide bonds. The zero-order valence-corrected chi connectivity index (χ0v) is 11.2. The van der Waals surface area contributed by atoms with E-state index in [4.69, 9.17) is 10.5 Å².